The lowest BCUT2D eigenvalue weighted by Crippen LogP contribution is -2.32. The minimum Gasteiger partial charge on any atom is -0.478 e. The van der Waals surface area contributed by atoms with Gasteiger partial charge in [0.2, 0.25) is 0 Å². The van der Waals surface area contributed by atoms with E-state index in [1.165, 1.54) is 6.07 Å². The van der Waals surface area contributed by atoms with Crippen LogP contribution in [0.25, 0.3) is 0 Å². The summed E-state index contributed by atoms with van der Waals surface area (Å²) in [5.41, 5.74) is -0.206. The molecular formula is C11H16N2O3. The van der Waals surface area contributed by atoms with Gasteiger partial charge in [0.1, 0.15) is 11.4 Å². The summed E-state index contributed by atoms with van der Waals surface area (Å²) in [5.74, 6) is -0.633. The maximum Gasteiger partial charge on any atom is 0.339 e. The third-order valence-corrected chi connectivity index (χ3v) is 2.27. The SMILES string of the molecule is COC(C)(C)CNc1ncccc1C(=O)O. The number of hydrogen-bond acceptors (Lipinski definition) is 4. The van der Waals surface area contributed by atoms with Crippen molar-refractivity contribution in [2.24, 2.45) is 0 Å². The molecule has 1 heterocycles. The summed E-state index contributed by atoms with van der Waals surface area (Å²) >= 11 is 0. The van der Waals surface area contributed by atoms with Crippen molar-refractivity contribution in [3.05, 3.63) is 23.9 Å². The molecule has 5 nitrogen and oxygen atoms in total. The molecule has 0 aliphatic carbocycles. The first-order valence-corrected chi connectivity index (χ1v) is 4.93. The van der Waals surface area contributed by atoms with Gasteiger partial charge in [-0.25, -0.2) is 9.78 Å². The van der Waals surface area contributed by atoms with Crippen molar-refractivity contribution in [2.75, 3.05) is 19.0 Å². The number of aromatic nitrogens is 1. The average Bonchev–Trinajstić information content (AvgIpc) is 2.27. The summed E-state index contributed by atoms with van der Waals surface area (Å²) < 4.78 is 5.22. The Hall–Kier alpha value is -1.62. The predicted molar refractivity (Wildman–Crippen MR) is 60.8 cm³/mol. The Balaban J connectivity index is 2.78. The summed E-state index contributed by atoms with van der Waals surface area (Å²) in [6, 6.07) is 3.10. The first-order chi connectivity index (χ1) is 7.46. The molecule has 5 heteroatoms. The van der Waals surface area contributed by atoms with Crippen molar-refractivity contribution in [3.63, 3.8) is 0 Å². The fourth-order valence-electron chi connectivity index (χ4n) is 1.09. The van der Waals surface area contributed by atoms with Crippen LogP contribution in [0.1, 0.15) is 24.2 Å². The molecule has 0 atom stereocenters. The number of aromatic carboxylic acids is 1. The van der Waals surface area contributed by atoms with Crippen LogP contribution in [0.3, 0.4) is 0 Å². The van der Waals surface area contributed by atoms with Gasteiger partial charge in [-0.1, -0.05) is 0 Å². The average molecular weight is 224 g/mol. The van der Waals surface area contributed by atoms with E-state index >= 15 is 0 Å². The van der Waals surface area contributed by atoms with E-state index in [0.717, 1.165) is 0 Å². The van der Waals surface area contributed by atoms with Crippen LogP contribution in [-0.4, -0.2) is 35.3 Å². The third kappa shape index (κ3) is 3.20. The van der Waals surface area contributed by atoms with E-state index in [2.05, 4.69) is 10.3 Å². The number of methoxy groups -OCH3 is 1. The fraction of sp³-hybridized carbons (Fsp3) is 0.455. The topological polar surface area (TPSA) is 71.5 Å². The van der Waals surface area contributed by atoms with E-state index in [1.54, 1.807) is 19.4 Å². The number of ether oxygens (including phenoxy) is 1. The highest BCUT2D eigenvalue weighted by molar-refractivity contribution is 5.92. The highest BCUT2D eigenvalue weighted by Crippen LogP contribution is 2.14. The van der Waals surface area contributed by atoms with Gasteiger partial charge in [0.15, 0.2) is 0 Å². The number of carboxylic acid groups (broad SMARTS) is 1. The Bertz CT molecular complexity index is 377. The minimum absolute atomic E-state index is 0.161. The molecule has 0 bridgehead atoms. The first-order valence-electron chi connectivity index (χ1n) is 4.93. The molecule has 0 aromatic carbocycles. The molecule has 0 aliphatic rings. The first kappa shape index (κ1) is 12.4. The normalized spacial score (nSPS) is 11.2. The zero-order valence-corrected chi connectivity index (χ0v) is 9.65. The highest BCUT2D eigenvalue weighted by Gasteiger charge is 2.18. The smallest absolute Gasteiger partial charge is 0.339 e. The molecule has 0 fully saturated rings. The van der Waals surface area contributed by atoms with Crippen molar-refractivity contribution in [3.8, 4) is 0 Å². The third-order valence-electron chi connectivity index (χ3n) is 2.27. The van der Waals surface area contributed by atoms with Crippen LogP contribution in [0.2, 0.25) is 0 Å². The molecule has 88 valence electrons. The second-order valence-corrected chi connectivity index (χ2v) is 4.02. The fourth-order valence-corrected chi connectivity index (χ4v) is 1.09. The summed E-state index contributed by atoms with van der Waals surface area (Å²) in [6.45, 7) is 4.30. The zero-order valence-electron chi connectivity index (χ0n) is 9.65. The largest absolute Gasteiger partial charge is 0.478 e. The van der Waals surface area contributed by atoms with Crippen molar-refractivity contribution in [1.29, 1.82) is 0 Å². The summed E-state index contributed by atoms with van der Waals surface area (Å²) in [7, 11) is 1.61. The number of carboxylic acids is 1. The monoisotopic (exact) mass is 224 g/mol. The number of nitrogens with zero attached hydrogens (tertiary/aromatic N) is 1. The van der Waals surface area contributed by atoms with Gasteiger partial charge in [0.05, 0.1) is 5.60 Å². The number of pyridine rings is 1. The standard InChI is InChI=1S/C11H16N2O3/c1-11(2,16-3)7-13-9-8(10(14)15)5-4-6-12-9/h4-6H,7H2,1-3H3,(H,12,13)(H,14,15). The lowest BCUT2D eigenvalue weighted by Gasteiger charge is -2.23. The molecule has 0 saturated carbocycles. The predicted octanol–water partition coefficient (Wildman–Crippen LogP) is 1.62. The number of carbonyl (C=O) groups is 1. The minimum atomic E-state index is -0.995. The van der Waals surface area contributed by atoms with E-state index in [1.807, 2.05) is 13.8 Å². The number of hydrogen-bond donors (Lipinski definition) is 2. The van der Waals surface area contributed by atoms with Gasteiger partial charge in [-0.05, 0) is 26.0 Å². The van der Waals surface area contributed by atoms with E-state index < -0.39 is 5.97 Å². The van der Waals surface area contributed by atoms with Crippen LogP contribution in [0, 0.1) is 0 Å². The van der Waals surface area contributed by atoms with Crippen LogP contribution >= 0.6 is 0 Å². The van der Waals surface area contributed by atoms with Crippen molar-refractivity contribution in [1.82, 2.24) is 4.98 Å². The molecule has 0 saturated heterocycles. The Kier molecular flexibility index (Phi) is 3.84. The molecule has 0 aliphatic heterocycles. The molecular weight excluding hydrogens is 208 g/mol. The quantitative estimate of drug-likeness (QED) is 0.795. The van der Waals surface area contributed by atoms with Crippen LogP contribution in [0.5, 0.6) is 0 Å². The van der Waals surface area contributed by atoms with E-state index in [4.69, 9.17) is 9.84 Å². The van der Waals surface area contributed by atoms with Gasteiger partial charge >= 0.3 is 5.97 Å². The van der Waals surface area contributed by atoms with Crippen LogP contribution in [-0.2, 0) is 4.74 Å². The Morgan fingerprint density at radius 1 is 1.62 bits per heavy atom. The zero-order chi connectivity index (χ0) is 12.2. The Labute approximate surface area is 94.5 Å². The maximum absolute atomic E-state index is 10.9. The molecule has 0 amide bonds. The van der Waals surface area contributed by atoms with Gasteiger partial charge in [0.25, 0.3) is 0 Å². The van der Waals surface area contributed by atoms with E-state index in [9.17, 15) is 4.79 Å². The molecule has 0 unspecified atom stereocenters. The molecule has 1 aromatic rings. The maximum atomic E-state index is 10.9. The summed E-state index contributed by atoms with van der Waals surface area (Å²) in [4.78, 5) is 14.9. The lowest BCUT2D eigenvalue weighted by molar-refractivity contribution is 0.0342. The summed E-state index contributed by atoms with van der Waals surface area (Å²) in [6.07, 6.45) is 1.55. The second kappa shape index (κ2) is 4.94. The van der Waals surface area contributed by atoms with Crippen molar-refractivity contribution >= 4 is 11.8 Å². The van der Waals surface area contributed by atoms with Crippen LogP contribution in [0.4, 0.5) is 5.82 Å². The molecule has 16 heavy (non-hydrogen) atoms. The molecule has 0 radical (unpaired) electrons. The van der Waals surface area contributed by atoms with E-state index in [-0.39, 0.29) is 11.2 Å². The highest BCUT2D eigenvalue weighted by atomic mass is 16.5. The Morgan fingerprint density at radius 3 is 2.88 bits per heavy atom. The molecule has 1 rings (SSSR count). The van der Waals surface area contributed by atoms with Crippen molar-refractivity contribution in [2.45, 2.75) is 19.4 Å². The van der Waals surface area contributed by atoms with Gasteiger partial charge in [0, 0.05) is 19.9 Å². The Morgan fingerprint density at radius 2 is 2.31 bits per heavy atom. The molecule has 0 spiro atoms. The van der Waals surface area contributed by atoms with E-state index in [0.29, 0.717) is 12.4 Å². The number of nitrogens with one attached hydrogen (secondary N) is 1. The molecule has 2 N–H and O–H groups in total. The lowest BCUT2D eigenvalue weighted by atomic mass is 10.1. The van der Waals surface area contributed by atoms with Gasteiger partial charge in [-0.15, -0.1) is 0 Å². The van der Waals surface area contributed by atoms with Gasteiger partial charge in [-0.3, -0.25) is 0 Å². The second-order valence-electron chi connectivity index (χ2n) is 4.02. The van der Waals surface area contributed by atoms with Gasteiger partial charge in [-0.2, -0.15) is 0 Å². The van der Waals surface area contributed by atoms with Crippen LogP contribution in [0.15, 0.2) is 18.3 Å². The van der Waals surface area contributed by atoms with Gasteiger partial charge < -0.3 is 15.2 Å². The summed E-state index contributed by atoms with van der Waals surface area (Å²) in [5, 5.41) is 11.9. The van der Waals surface area contributed by atoms with Crippen molar-refractivity contribution < 1.29 is 14.6 Å². The molecule has 1 aromatic heterocycles. The van der Waals surface area contributed by atoms with Crippen LogP contribution < -0.4 is 5.32 Å². The number of rotatable bonds is 5. The number of anilines is 1.